The van der Waals surface area contributed by atoms with E-state index in [1.807, 2.05) is 60.1 Å². The van der Waals surface area contributed by atoms with Crippen molar-refractivity contribution in [1.82, 2.24) is 4.68 Å². The number of hydrogen-bond donors (Lipinski definition) is 0. The van der Waals surface area contributed by atoms with Crippen LogP contribution in [0.4, 0.5) is 5.69 Å². The maximum Gasteiger partial charge on any atom is 0.308 e. The lowest BCUT2D eigenvalue weighted by Gasteiger charge is -2.26. The van der Waals surface area contributed by atoms with Crippen LogP contribution in [0.1, 0.15) is 52.7 Å². The molecule has 0 amide bonds. The highest BCUT2D eigenvalue weighted by atomic mass is 16.5. The topological polar surface area (TPSA) is 68.6 Å². The molecular weight excluding hydrogens is 392 g/mol. The molecule has 1 aliphatic heterocycles. The minimum atomic E-state index is -0.477. The largest absolute Gasteiger partial charge is 0.424 e. The zero-order chi connectivity index (χ0) is 22.3. The SMILES string of the molecule is CC(=O)Oc1c(C(C)=O)c(-c2ccccc2)n(N2CCc3cc(C(C)=O)ccc32)c1C. The summed E-state index contributed by atoms with van der Waals surface area (Å²) in [7, 11) is 0. The minimum Gasteiger partial charge on any atom is -0.424 e. The molecule has 0 bridgehead atoms. The fraction of sp³-hybridized carbons (Fsp3) is 0.240. The van der Waals surface area contributed by atoms with Crippen LogP contribution in [0.3, 0.4) is 0 Å². The molecule has 1 aliphatic rings. The fourth-order valence-corrected chi connectivity index (χ4v) is 4.23. The molecule has 0 saturated heterocycles. The van der Waals surface area contributed by atoms with Crippen molar-refractivity contribution in [2.75, 3.05) is 11.6 Å². The van der Waals surface area contributed by atoms with Gasteiger partial charge in [0.25, 0.3) is 0 Å². The molecule has 0 unspecified atom stereocenters. The zero-order valence-electron chi connectivity index (χ0n) is 18.1. The summed E-state index contributed by atoms with van der Waals surface area (Å²) in [5, 5.41) is 2.08. The Balaban J connectivity index is 1.98. The Morgan fingerprint density at radius 1 is 0.935 bits per heavy atom. The third kappa shape index (κ3) is 3.54. The fourth-order valence-electron chi connectivity index (χ4n) is 4.23. The molecule has 0 spiro atoms. The second kappa shape index (κ2) is 7.87. The van der Waals surface area contributed by atoms with Gasteiger partial charge >= 0.3 is 5.97 Å². The summed E-state index contributed by atoms with van der Waals surface area (Å²) in [5.41, 5.74) is 5.30. The van der Waals surface area contributed by atoms with Gasteiger partial charge in [0.1, 0.15) is 0 Å². The summed E-state index contributed by atoms with van der Waals surface area (Å²) in [6, 6.07) is 15.3. The summed E-state index contributed by atoms with van der Waals surface area (Å²) in [6.45, 7) is 6.89. The van der Waals surface area contributed by atoms with E-state index < -0.39 is 5.97 Å². The van der Waals surface area contributed by atoms with Crippen LogP contribution >= 0.6 is 0 Å². The molecule has 0 atom stereocenters. The van der Waals surface area contributed by atoms with Gasteiger partial charge in [-0.25, -0.2) is 0 Å². The van der Waals surface area contributed by atoms with Crippen LogP contribution < -0.4 is 9.75 Å². The lowest BCUT2D eigenvalue weighted by atomic mass is 10.0. The smallest absolute Gasteiger partial charge is 0.308 e. The summed E-state index contributed by atoms with van der Waals surface area (Å²) in [5.74, 6) is -0.342. The number of fused-ring (bicyclic) bond motifs is 1. The molecular formula is C25H24N2O4. The molecule has 0 N–H and O–H groups in total. The Morgan fingerprint density at radius 2 is 1.65 bits per heavy atom. The summed E-state index contributed by atoms with van der Waals surface area (Å²) in [4.78, 5) is 36.4. The van der Waals surface area contributed by atoms with Crippen molar-refractivity contribution in [1.29, 1.82) is 0 Å². The zero-order valence-corrected chi connectivity index (χ0v) is 18.1. The number of nitrogens with zero attached hydrogens (tertiary/aromatic N) is 2. The Bertz CT molecular complexity index is 1210. The van der Waals surface area contributed by atoms with E-state index in [2.05, 4.69) is 5.01 Å². The number of esters is 1. The number of anilines is 1. The molecule has 158 valence electrons. The predicted octanol–water partition coefficient (Wildman–Crippen LogP) is 4.62. The van der Waals surface area contributed by atoms with E-state index in [4.69, 9.17) is 4.74 Å². The number of hydrogen-bond acceptors (Lipinski definition) is 5. The first-order valence-corrected chi connectivity index (χ1v) is 10.2. The van der Waals surface area contributed by atoms with E-state index in [9.17, 15) is 14.4 Å². The number of aromatic nitrogens is 1. The second-order valence-electron chi connectivity index (χ2n) is 7.74. The first-order valence-electron chi connectivity index (χ1n) is 10.2. The van der Waals surface area contributed by atoms with Gasteiger partial charge in [-0.1, -0.05) is 30.3 Å². The van der Waals surface area contributed by atoms with Crippen molar-refractivity contribution in [3.63, 3.8) is 0 Å². The monoisotopic (exact) mass is 416 g/mol. The van der Waals surface area contributed by atoms with Crippen LogP contribution in [0.5, 0.6) is 5.75 Å². The average Bonchev–Trinajstić information content (AvgIpc) is 3.26. The second-order valence-corrected chi connectivity index (χ2v) is 7.74. The number of ether oxygens (including phenoxy) is 1. The standard InChI is InChI=1S/C25H24N2O4/c1-15-25(31-18(4)30)23(17(3)29)24(19-8-6-5-7-9-19)27(15)26-13-12-21-14-20(16(2)28)10-11-22(21)26/h5-11,14H,12-13H2,1-4H3. The normalized spacial score (nSPS) is 12.6. The third-order valence-electron chi connectivity index (χ3n) is 5.57. The lowest BCUT2D eigenvalue weighted by Crippen LogP contribution is -2.29. The van der Waals surface area contributed by atoms with E-state index in [1.165, 1.54) is 13.8 Å². The molecule has 2 heterocycles. The third-order valence-corrected chi connectivity index (χ3v) is 5.57. The number of Topliss-reactive ketones (excluding diaryl/α,β-unsaturated/α-hetero) is 2. The molecule has 0 aliphatic carbocycles. The van der Waals surface area contributed by atoms with Gasteiger partial charge in [0.05, 0.1) is 22.6 Å². The number of rotatable bonds is 5. The summed E-state index contributed by atoms with van der Waals surface area (Å²) < 4.78 is 7.49. The van der Waals surface area contributed by atoms with Gasteiger partial charge in [0.15, 0.2) is 17.3 Å². The van der Waals surface area contributed by atoms with Crippen molar-refractivity contribution < 1.29 is 19.1 Å². The maximum atomic E-state index is 12.7. The molecule has 1 aromatic heterocycles. The Labute approximate surface area is 181 Å². The van der Waals surface area contributed by atoms with Crippen LogP contribution in [0.15, 0.2) is 48.5 Å². The number of benzene rings is 2. The number of ketones is 2. The maximum absolute atomic E-state index is 12.7. The van der Waals surface area contributed by atoms with E-state index in [1.54, 1.807) is 6.92 Å². The van der Waals surface area contributed by atoms with Crippen molar-refractivity contribution in [3.8, 4) is 17.0 Å². The predicted molar refractivity (Wildman–Crippen MR) is 119 cm³/mol. The Hall–Kier alpha value is -3.67. The summed E-state index contributed by atoms with van der Waals surface area (Å²) >= 11 is 0. The quantitative estimate of drug-likeness (QED) is 0.448. The van der Waals surface area contributed by atoms with Gasteiger partial charge in [0.2, 0.25) is 0 Å². The highest BCUT2D eigenvalue weighted by molar-refractivity contribution is 6.04. The van der Waals surface area contributed by atoms with Gasteiger partial charge in [-0.05, 0) is 51.0 Å². The average molecular weight is 416 g/mol. The van der Waals surface area contributed by atoms with Gasteiger partial charge < -0.3 is 4.74 Å². The van der Waals surface area contributed by atoms with Gasteiger partial charge in [0, 0.05) is 24.6 Å². The highest BCUT2D eigenvalue weighted by Gasteiger charge is 2.32. The lowest BCUT2D eigenvalue weighted by molar-refractivity contribution is -0.131. The van der Waals surface area contributed by atoms with Gasteiger partial charge in [-0.15, -0.1) is 0 Å². The first-order chi connectivity index (χ1) is 14.8. The molecule has 0 fully saturated rings. The molecule has 2 aromatic carbocycles. The van der Waals surface area contributed by atoms with Crippen molar-refractivity contribution in [2.24, 2.45) is 0 Å². The van der Waals surface area contributed by atoms with E-state index in [0.717, 1.165) is 23.2 Å². The highest BCUT2D eigenvalue weighted by Crippen LogP contribution is 2.41. The molecule has 6 heteroatoms. The number of carbonyl (C=O) groups is 3. The van der Waals surface area contributed by atoms with E-state index in [0.29, 0.717) is 29.1 Å². The van der Waals surface area contributed by atoms with Crippen LogP contribution in [-0.2, 0) is 11.2 Å². The number of carbonyl (C=O) groups excluding carboxylic acids is 3. The van der Waals surface area contributed by atoms with Gasteiger partial charge in [-0.3, -0.25) is 24.1 Å². The molecule has 31 heavy (non-hydrogen) atoms. The molecule has 6 nitrogen and oxygen atoms in total. The van der Waals surface area contributed by atoms with Crippen LogP contribution in [0.2, 0.25) is 0 Å². The van der Waals surface area contributed by atoms with Crippen molar-refractivity contribution in [3.05, 3.63) is 70.9 Å². The van der Waals surface area contributed by atoms with Gasteiger partial charge in [-0.2, -0.15) is 0 Å². The van der Waals surface area contributed by atoms with E-state index in [-0.39, 0.29) is 17.3 Å². The molecule has 0 saturated carbocycles. The van der Waals surface area contributed by atoms with Crippen LogP contribution in [-0.4, -0.2) is 28.8 Å². The molecule has 4 rings (SSSR count). The van der Waals surface area contributed by atoms with Crippen LogP contribution in [0.25, 0.3) is 11.3 Å². The first kappa shape index (κ1) is 20.6. The Morgan fingerprint density at radius 3 is 2.26 bits per heavy atom. The summed E-state index contributed by atoms with van der Waals surface area (Å²) in [6.07, 6.45) is 0.764. The van der Waals surface area contributed by atoms with E-state index >= 15 is 0 Å². The molecule has 3 aromatic rings. The van der Waals surface area contributed by atoms with Crippen LogP contribution in [0, 0.1) is 6.92 Å². The minimum absolute atomic E-state index is 0.0272. The van der Waals surface area contributed by atoms with Crippen molar-refractivity contribution in [2.45, 2.75) is 34.1 Å². The van der Waals surface area contributed by atoms with Crippen molar-refractivity contribution >= 4 is 23.2 Å². The molecule has 0 radical (unpaired) electrons. The Kier molecular flexibility index (Phi) is 5.23.